The van der Waals surface area contributed by atoms with E-state index in [1.54, 1.807) is 18.3 Å². The van der Waals surface area contributed by atoms with Crippen LogP contribution < -0.4 is 5.32 Å². The number of nitrogens with one attached hydrogen (secondary N) is 1. The number of aromatic nitrogens is 2. The van der Waals surface area contributed by atoms with Crippen LogP contribution in [-0.2, 0) is 13.0 Å². The minimum Gasteiger partial charge on any atom is -0.391 e. The molecule has 0 spiro atoms. The Balaban J connectivity index is 1.49. The van der Waals surface area contributed by atoms with Gasteiger partial charge in [0.05, 0.1) is 12.6 Å². The van der Waals surface area contributed by atoms with Crippen LogP contribution in [0, 0.1) is 0 Å². The van der Waals surface area contributed by atoms with Gasteiger partial charge in [0.25, 0.3) is 5.91 Å². The average molecular weight is 335 g/mol. The van der Waals surface area contributed by atoms with E-state index in [0.29, 0.717) is 18.5 Å². The van der Waals surface area contributed by atoms with E-state index in [1.807, 2.05) is 59.4 Å². The van der Waals surface area contributed by atoms with Gasteiger partial charge in [-0.2, -0.15) is 5.10 Å². The van der Waals surface area contributed by atoms with Crippen LogP contribution in [0.25, 0.3) is 0 Å². The lowest BCUT2D eigenvalue weighted by atomic mass is 10.1. The molecule has 0 saturated carbocycles. The highest BCUT2D eigenvalue weighted by Crippen LogP contribution is 2.07. The van der Waals surface area contributed by atoms with Crippen molar-refractivity contribution >= 4 is 5.91 Å². The summed E-state index contributed by atoms with van der Waals surface area (Å²) < 4.78 is 1.83. The van der Waals surface area contributed by atoms with Crippen LogP contribution in [-0.4, -0.2) is 33.4 Å². The maximum Gasteiger partial charge on any atom is 0.251 e. The molecule has 0 fully saturated rings. The Morgan fingerprint density at radius 3 is 2.48 bits per heavy atom. The van der Waals surface area contributed by atoms with E-state index in [4.69, 9.17) is 0 Å². The lowest BCUT2D eigenvalue weighted by Crippen LogP contribution is -2.33. The number of hydrogen-bond donors (Lipinski definition) is 2. The molecule has 0 bridgehead atoms. The number of aliphatic hydroxyl groups excluding tert-OH is 1. The van der Waals surface area contributed by atoms with Crippen molar-refractivity contribution in [1.29, 1.82) is 0 Å². The van der Waals surface area contributed by atoms with Crippen LogP contribution in [0.4, 0.5) is 0 Å². The Bertz CT molecular complexity index is 784. The molecule has 1 heterocycles. The van der Waals surface area contributed by atoms with E-state index >= 15 is 0 Å². The van der Waals surface area contributed by atoms with Gasteiger partial charge in [-0.1, -0.05) is 42.5 Å². The third kappa shape index (κ3) is 5.02. The fourth-order valence-corrected chi connectivity index (χ4v) is 2.61. The first-order valence-electron chi connectivity index (χ1n) is 8.27. The highest BCUT2D eigenvalue weighted by atomic mass is 16.3. The van der Waals surface area contributed by atoms with Gasteiger partial charge in [0.1, 0.15) is 0 Å². The summed E-state index contributed by atoms with van der Waals surface area (Å²) in [5.74, 6) is -0.183. The van der Waals surface area contributed by atoms with Crippen LogP contribution in [0.15, 0.2) is 73.1 Å². The van der Waals surface area contributed by atoms with Gasteiger partial charge in [-0.25, -0.2) is 0 Å². The molecule has 3 rings (SSSR count). The van der Waals surface area contributed by atoms with Gasteiger partial charge in [0.2, 0.25) is 0 Å². The number of amides is 1. The topological polar surface area (TPSA) is 67.2 Å². The first-order valence-corrected chi connectivity index (χ1v) is 8.27. The fourth-order valence-electron chi connectivity index (χ4n) is 2.61. The van der Waals surface area contributed by atoms with Gasteiger partial charge in [-0.3, -0.25) is 9.48 Å². The zero-order chi connectivity index (χ0) is 17.5. The molecule has 0 radical (unpaired) electrons. The number of hydrogen-bond acceptors (Lipinski definition) is 3. The summed E-state index contributed by atoms with van der Waals surface area (Å²) in [4.78, 5) is 12.2. The fraction of sp³-hybridized carbons (Fsp3) is 0.200. The summed E-state index contributed by atoms with van der Waals surface area (Å²) in [6.07, 6.45) is 3.55. The molecule has 0 aliphatic heterocycles. The van der Waals surface area contributed by atoms with Crippen LogP contribution in [0.3, 0.4) is 0 Å². The molecule has 1 unspecified atom stereocenters. The van der Waals surface area contributed by atoms with E-state index in [-0.39, 0.29) is 12.5 Å². The minimum atomic E-state index is -0.606. The molecule has 5 nitrogen and oxygen atoms in total. The van der Waals surface area contributed by atoms with Crippen LogP contribution in [0.1, 0.15) is 21.5 Å². The van der Waals surface area contributed by atoms with Gasteiger partial charge < -0.3 is 10.4 Å². The second-order valence-electron chi connectivity index (χ2n) is 5.95. The highest BCUT2D eigenvalue weighted by Gasteiger charge is 2.10. The second-order valence-corrected chi connectivity index (χ2v) is 5.95. The van der Waals surface area contributed by atoms with Gasteiger partial charge in [-0.15, -0.1) is 0 Å². The zero-order valence-corrected chi connectivity index (χ0v) is 13.9. The van der Waals surface area contributed by atoms with Crippen molar-refractivity contribution in [3.63, 3.8) is 0 Å². The largest absolute Gasteiger partial charge is 0.391 e. The predicted molar refractivity (Wildman–Crippen MR) is 96.3 cm³/mol. The summed E-state index contributed by atoms with van der Waals surface area (Å²) in [5, 5.41) is 17.0. The molecular formula is C20H21N3O2. The van der Waals surface area contributed by atoms with E-state index in [0.717, 1.165) is 11.1 Å². The maximum absolute atomic E-state index is 12.2. The number of carbonyl (C=O) groups is 1. The standard InChI is InChI=1S/C20H21N3O2/c24-19(13-16-5-2-1-3-6-16)14-21-20(25)18-9-7-17(8-10-18)15-23-12-4-11-22-23/h1-12,19,24H,13-15H2,(H,21,25). The number of rotatable bonds is 7. The first-order chi connectivity index (χ1) is 12.2. The van der Waals surface area contributed by atoms with Crippen molar-refractivity contribution in [2.45, 2.75) is 19.1 Å². The third-order valence-corrected chi connectivity index (χ3v) is 3.93. The third-order valence-electron chi connectivity index (χ3n) is 3.93. The van der Waals surface area contributed by atoms with Gasteiger partial charge >= 0.3 is 0 Å². The molecule has 1 aromatic heterocycles. The van der Waals surface area contributed by atoms with Crippen LogP contribution >= 0.6 is 0 Å². The highest BCUT2D eigenvalue weighted by molar-refractivity contribution is 5.94. The predicted octanol–water partition coefficient (Wildman–Crippen LogP) is 2.26. The lowest BCUT2D eigenvalue weighted by Gasteiger charge is -2.12. The molecule has 25 heavy (non-hydrogen) atoms. The normalized spacial score (nSPS) is 11.9. The number of nitrogens with zero attached hydrogens (tertiary/aromatic N) is 2. The molecule has 1 amide bonds. The molecule has 0 saturated heterocycles. The van der Waals surface area contributed by atoms with Crippen LogP contribution in [0.2, 0.25) is 0 Å². The van der Waals surface area contributed by atoms with Crippen molar-refractivity contribution in [2.24, 2.45) is 0 Å². The van der Waals surface area contributed by atoms with Crippen molar-refractivity contribution < 1.29 is 9.90 Å². The molecule has 3 aromatic rings. The van der Waals surface area contributed by atoms with E-state index in [9.17, 15) is 9.90 Å². The Morgan fingerprint density at radius 2 is 1.80 bits per heavy atom. The summed E-state index contributed by atoms with van der Waals surface area (Å²) in [7, 11) is 0. The van der Waals surface area contributed by atoms with Crippen molar-refractivity contribution in [2.75, 3.05) is 6.54 Å². The maximum atomic E-state index is 12.2. The molecule has 5 heteroatoms. The Morgan fingerprint density at radius 1 is 1.04 bits per heavy atom. The quantitative estimate of drug-likeness (QED) is 0.696. The minimum absolute atomic E-state index is 0.183. The Labute approximate surface area is 146 Å². The number of carbonyl (C=O) groups excluding carboxylic acids is 1. The number of benzene rings is 2. The Kier molecular flexibility index (Phi) is 5.59. The molecular weight excluding hydrogens is 314 g/mol. The van der Waals surface area contributed by atoms with Crippen molar-refractivity contribution in [3.05, 3.63) is 89.7 Å². The monoisotopic (exact) mass is 335 g/mol. The summed E-state index contributed by atoms with van der Waals surface area (Å²) in [6, 6.07) is 19.0. The zero-order valence-electron chi connectivity index (χ0n) is 13.9. The summed E-state index contributed by atoms with van der Waals surface area (Å²) in [6.45, 7) is 0.896. The molecule has 2 aromatic carbocycles. The summed E-state index contributed by atoms with van der Waals surface area (Å²) >= 11 is 0. The number of aliphatic hydroxyl groups is 1. The van der Waals surface area contributed by atoms with Crippen LogP contribution in [0.5, 0.6) is 0 Å². The lowest BCUT2D eigenvalue weighted by molar-refractivity contribution is 0.0916. The van der Waals surface area contributed by atoms with Gasteiger partial charge in [0, 0.05) is 30.9 Å². The SMILES string of the molecule is O=C(NCC(O)Cc1ccccc1)c1ccc(Cn2cccn2)cc1. The van der Waals surface area contributed by atoms with E-state index in [1.165, 1.54) is 0 Å². The Hall–Kier alpha value is -2.92. The second kappa shape index (κ2) is 8.26. The molecule has 0 aliphatic carbocycles. The van der Waals surface area contributed by atoms with Crippen molar-refractivity contribution in [1.82, 2.24) is 15.1 Å². The first kappa shape index (κ1) is 16.9. The average Bonchev–Trinajstić information content (AvgIpc) is 3.14. The van der Waals surface area contributed by atoms with E-state index < -0.39 is 6.10 Å². The molecule has 0 aliphatic rings. The molecule has 1 atom stereocenters. The smallest absolute Gasteiger partial charge is 0.251 e. The van der Waals surface area contributed by atoms with Gasteiger partial charge in [0.15, 0.2) is 0 Å². The molecule has 2 N–H and O–H groups in total. The van der Waals surface area contributed by atoms with E-state index in [2.05, 4.69) is 10.4 Å². The van der Waals surface area contributed by atoms with Gasteiger partial charge in [-0.05, 0) is 29.3 Å². The van der Waals surface area contributed by atoms with Crippen molar-refractivity contribution in [3.8, 4) is 0 Å². The summed E-state index contributed by atoms with van der Waals surface area (Å²) in [5.41, 5.74) is 2.70. The molecule has 128 valence electrons.